The van der Waals surface area contributed by atoms with Crippen LogP contribution in [0.25, 0.3) is 0 Å². The molecule has 130 valence electrons. The molecule has 24 heavy (non-hydrogen) atoms. The summed E-state index contributed by atoms with van der Waals surface area (Å²) < 4.78 is 10.8. The Morgan fingerprint density at radius 3 is 2.75 bits per heavy atom. The molecule has 1 saturated carbocycles. The molecule has 0 unspecified atom stereocenters. The first-order valence-electron chi connectivity index (χ1n) is 8.73. The Morgan fingerprint density at radius 1 is 1.25 bits per heavy atom. The predicted molar refractivity (Wildman–Crippen MR) is 87.9 cm³/mol. The monoisotopic (exact) mass is 332 g/mol. The molecular weight excluding hydrogens is 308 g/mol. The third-order valence-electron chi connectivity index (χ3n) is 5.62. The van der Waals surface area contributed by atoms with Gasteiger partial charge in [0.2, 0.25) is 12.7 Å². The van der Waals surface area contributed by atoms with Crippen LogP contribution in [0, 0.1) is 0 Å². The van der Waals surface area contributed by atoms with E-state index in [1.54, 1.807) is 4.90 Å². The summed E-state index contributed by atoms with van der Waals surface area (Å²) in [6.45, 7) is 1.22. The maximum absolute atomic E-state index is 12.7. The summed E-state index contributed by atoms with van der Waals surface area (Å²) in [6, 6.07) is 5.80. The average molecular weight is 332 g/mol. The maximum Gasteiger partial charge on any atom is 0.242 e. The van der Waals surface area contributed by atoms with Crippen LogP contribution in [0.1, 0.15) is 43.6 Å². The van der Waals surface area contributed by atoms with Crippen molar-refractivity contribution in [3.05, 3.63) is 23.8 Å². The number of amides is 1. The van der Waals surface area contributed by atoms with Gasteiger partial charge in [0, 0.05) is 19.0 Å². The third-order valence-corrected chi connectivity index (χ3v) is 5.62. The molecule has 0 aromatic heterocycles. The highest BCUT2D eigenvalue weighted by Gasteiger charge is 2.42. The summed E-state index contributed by atoms with van der Waals surface area (Å²) in [5.74, 6) is 1.47. The van der Waals surface area contributed by atoms with Crippen LogP contribution in [0.3, 0.4) is 0 Å². The van der Waals surface area contributed by atoms with E-state index in [2.05, 4.69) is 0 Å². The number of nitrogens with zero attached hydrogens (tertiary/aromatic N) is 1. The predicted octanol–water partition coefficient (Wildman–Crippen LogP) is 1.36. The molecule has 0 spiro atoms. The van der Waals surface area contributed by atoms with Gasteiger partial charge in [0.05, 0.1) is 11.6 Å². The zero-order chi connectivity index (χ0) is 16.7. The highest BCUT2D eigenvalue weighted by Crippen LogP contribution is 2.38. The number of β-amino-alcohol motifs (C(OH)–C–C–N with tert-alkyl or cyclic N) is 1. The fourth-order valence-corrected chi connectivity index (χ4v) is 4.18. The first-order chi connectivity index (χ1) is 11.6. The number of aliphatic hydroxyl groups is 1. The summed E-state index contributed by atoms with van der Waals surface area (Å²) in [4.78, 5) is 14.5. The SMILES string of the molecule is NC1(C(=O)N2CC[C@H](c3ccc4c(c3)OCO4)[C@@H](O)C2)CCCC1. The number of piperidine rings is 1. The van der Waals surface area contributed by atoms with Crippen molar-refractivity contribution in [1.29, 1.82) is 0 Å². The second kappa shape index (κ2) is 5.93. The Morgan fingerprint density at radius 2 is 2.00 bits per heavy atom. The van der Waals surface area contributed by atoms with Crippen molar-refractivity contribution in [2.75, 3.05) is 19.9 Å². The van der Waals surface area contributed by atoms with E-state index >= 15 is 0 Å². The number of carbonyl (C=O) groups is 1. The van der Waals surface area contributed by atoms with E-state index in [-0.39, 0.29) is 18.6 Å². The van der Waals surface area contributed by atoms with Gasteiger partial charge in [-0.3, -0.25) is 4.79 Å². The Kier molecular flexibility index (Phi) is 3.89. The van der Waals surface area contributed by atoms with Crippen molar-refractivity contribution in [3.63, 3.8) is 0 Å². The Hall–Kier alpha value is -1.79. The van der Waals surface area contributed by atoms with Crippen LogP contribution < -0.4 is 15.2 Å². The van der Waals surface area contributed by atoms with E-state index in [0.29, 0.717) is 13.1 Å². The van der Waals surface area contributed by atoms with Crippen LogP contribution in [0.5, 0.6) is 11.5 Å². The minimum atomic E-state index is -0.717. The van der Waals surface area contributed by atoms with Crippen molar-refractivity contribution in [3.8, 4) is 11.5 Å². The number of hydrogen-bond donors (Lipinski definition) is 2. The molecule has 1 aliphatic carbocycles. The third kappa shape index (κ3) is 2.63. The molecule has 6 heteroatoms. The highest BCUT2D eigenvalue weighted by molar-refractivity contribution is 5.86. The molecule has 2 heterocycles. The number of rotatable bonds is 2. The fourth-order valence-electron chi connectivity index (χ4n) is 4.18. The summed E-state index contributed by atoms with van der Waals surface area (Å²) >= 11 is 0. The van der Waals surface area contributed by atoms with E-state index < -0.39 is 11.6 Å². The maximum atomic E-state index is 12.7. The molecule has 3 N–H and O–H groups in total. The topological polar surface area (TPSA) is 85.0 Å². The van der Waals surface area contributed by atoms with Crippen LogP contribution in [-0.2, 0) is 4.79 Å². The molecule has 2 fully saturated rings. The highest BCUT2D eigenvalue weighted by atomic mass is 16.7. The van der Waals surface area contributed by atoms with Crippen LogP contribution >= 0.6 is 0 Å². The number of benzene rings is 1. The number of ether oxygens (including phenoxy) is 2. The van der Waals surface area contributed by atoms with Crippen molar-refractivity contribution < 1.29 is 19.4 Å². The van der Waals surface area contributed by atoms with Crippen LogP contribution in [0.15, 0.2) is 18.2 Å². The fraction of sp³-hybridized carbons (Fsp3) is 0.611. The molecule has 1 amide bonds. The number of aliphatic hydroxyl groups excluding tert-OH is 1. The number of fused-ring (bicyclic) bond motifs is 1. The van der Waals surface area contributed by atoms with Gasteiger partial charge >= 0.3 is 0 Å². The molecule has 3 aliphatic rings. The standard InChI is InChI=1S/C18H24N2O4/c19-18(6-1-2-7-18)17(22)20-8-5-13(14(21)10-20)12-3-4-15-16(9-12)24-11-23-15/h3-4,9,13-14,21H,1-2,5-8,10-11,19H2/t13-,14+/m1/s1. The minimum Gasteiger partial charge on any atom is -0.454 e. The van der Waals surface area contributed by atoms with Crippen LogP contribution in [-0.4, -0.2) is 47.4 Å². The van der Waals surface area contributed by atoms with E-state index in [9.17, 15) is 9.90 Å². The smallest absolute Gasteiger partial charge is 0.242 e. The van der Waals surface area contributed by atoms with Crippen LogP contribution in [0.2, 0.25) is 0 Å². The summed E-state index contributed by atoms with van der Waals surface area (Å²) in [7, 11) is 0. The van der Waals surface area contributed by atoms with Gasteiger partial charge in [0.25, 0.3) is 0 Å². The van der Waals surface area contributed by atoms with Gasteiger partial charge in [-0.15, -0.1) is 0 Å². The molecule has 2 atom stereocenters. The van der Waals surface area contributed by atoms with Gasteiger partial charge in [-0.2, -0.15) is 0 Å². The first-order valence-corrected chi connectivity index (χ1v) is 8.73. The van der Waals surface area contributed by atoms with E-state index in [1.165, 1.54) is 0 Å². The van der Waals surface area contributed by atoms with Gasteiger partial charge in [0.1, 0.15) is 0 Å². The van der Waals surface area contributed by atoms with Gasteiger partial charge in [-0.1, -0.05) is 18.9 Å². The lowest BCUT2D eigenvalue weighted by Gasteiger charge is -2.39. The molecule has 2 aliphatic heterocycles. The second-order valence-electron chi connectivity index (χ2n) is 7.19. The zero-order valence-electron chi connectivity index (χ0n) is 13.7. The van der Waals surface area contributed by atoms with E-state index in [4.69, 9.17) is 15.2 Å². The normalized spacial score (nSPS) is 28.2. The number of hydrogen-bond acceptors (Lipinski definition) is 5. The second-order valence-corrected chi connectivity index (χ2v) is 7.19. The Labute approximate surface area is 141 Å². The lowest BCUT2D eigenvalue weighted by Crippen LogP contribution is -2.57. The van der Waals surface area contributed by atoms with Crippen molar-refractivity contribution in [2.24, 2.45) is 5.73 Å². The number of carbonyl (C=O) groups excluding carboxylic acids is 1. The Bertz CT molecular complexity index is 642. The largest absolute Gasteiger partial charge is 0.454 e. The molecule has 0 bridgehead atoms. The lowest BCUT2D eigenvalue weighted by atomic mass is 9.85. The van der Waals surface area contributed by atoms with Crippen molar-refractivity contribution in [2.45, 2.75) is 49.7 Å². The average Bonchev–Trinajstić information content (AvgIpc) is 3.22. The minimum absolute atomic E-state index is 0.000789. The molecule has 1 aromatic rings. The van der Waals surface area contributed by atoms with E-state index in [0.717, 1.165) is 49.2 Å². The number of nitrogens with two attached hydrogens (primary N) is 1. The summed E-state index contributed by atoms with van der Waals surface area (Å²) in [5, 5.41) is 10.6. The summed E-state index contributed by atoms with van der Waals surface area (Å²) in [5.41, 5.74) is 6.60. The number of likely N-dealkylation sites (tertiary alicyclic amines) is 1. The van der Waals surface area contributed by atoms with Crippen molar-refractivity contribution >= 4 is 5.91 Å². The van der Waals surface area contributed by atoms with Gasteiger partial charge in [0.15, 0.2) is 11.5 Å². The first kappa shape index (κ1) is 15.7. The summed E-state index contributed by atoms with van der Waals surface area (Å²) in [6.07, 6.45) is 3.67. The van der Waals surface area contributed by atoms with Gasteiger partial charge in [-0.25, -0.2) is 0 Å². The van der Waals surface area contributed by atoms with Crippen molar-refractivity contribution in [1.82, 2.24) is 4.90 Å². The Balaban J connectivity index is 1.46. The quantitative estimate of drug-likeness (QED) is 0.854. The molecule has 1 aromatic carbocycles. The molecule has 4 rings (SSSR count). The molecule has 6 nitrogen and oxygen atoms in total. The molecule has 1 saturated heterocycles. The van der Waals surface area contributed by atoms with E-state index in [1.807, 2.05) is 18.2 Å². The van der Waals surface area contributed by atoms with Gasteiger partial charge < -0.3 is 25.2 Å². The lowest BCUT2D eigenvalue weighted by molar-refractivity contribution is -0.140. The molecular formula is C18H24N2O4. The van der Waals surface area contributed by atoms with Crippen LogP contribution in [0.4, 0.5) is 0 Å². The van der Waals surface area contributed by atoms with Gasteiger partial charge in [-0.05, 0) is 37.0 Å². The zero-order valence-corrected chi connectivity index (χ0v) is 13.7. The molecule has 0 radical (unpaired) electrons.